The van der Waals surface area contributed by atoms with E-state index in [1.54, 1.807) is 25.5 Å². The Morgan fingerprint density at radius 1 is 1.16 bits per heavy atom. The van der Waals surface area contributed by atoms with E-state index >= 15 is 0 Å². The van der Waals surface area contributed by atoms with Crippen LogP contribution in [0.4, 0.5) is 0 Å². The minimum atomic E-state index is 0.0801. The zero-order chi connectivity index (χ0) is 21.9. The molecule has 0 spiro atoms. The number of hydrogen-bond donors (Lipinski definition) is 0. The summed E-state index contributed by atoms with van der Waals surface area (Å²) in [5, 5.41) is 5.07. The van der Waals surface area contributed by atoms with Crippen LogP contribution in [0.5, 0.6) is 0 Å². The van der Waals surface area contributed by atoms with Crippen molar-refractivity contribution in [3.8, 4) is 11.4 Å². The highest BCUT2D eigenvalue weighted by Gasteiger charge is 2.25. The number of carbonyl (C=O) groups is 1. The lowest BCUT2D eigenvalue weighted by Crippen LogP contribution is -2.34. The molecule has 8 heteroatoms. The lowest BCUT2D eigenvalue weighted by Gasteiger charge is -2.30. The second-order valence-corrected chi connectivity index (χ2v) is 8.33. The number of pyridine rings is 2. The van der Waals surface area contributed by atoms with Gasteiger partial charge in [0.1, 0.15) is 5.65 Å². The van der Waals surface area contributed by atoms with E-state index in [0.717, 1.165) is 73.5 Å². The van der Waals surface area contributed by atoms with Crippen LogP contribution < -0.4 is 0 Å². The minimum Gasteiger partial charge on any atom is -0.339 e. The molecule has 0 amide bonds. The maximum atomic E-state index is 12.0. The first-order valence-corrected chi connectivity index (χ1v) is 11.1. The smallest absolute Gasteiger partial charge is 0.230 e. The van der Waals surface area contributed by atoms with Gasteiger partial charge in [0.05, 0.1) is 0 Å². The van der Waals surface area contributed by atoms with Crippen LogP contribution >= 0.6 is 0 Å². The van der Waals surface area contributed by atoms with Crippen LogP contribution in [0, 0.1) is 0 Å². The summed E-state index contributed by atoms with van der Waals surface area (Å²) >= 11 is 0. The van der Waals surface area contributed by atoms with Gasteiger partial charge in [-0.1, -0.05) is 5.16 Å². The highest BCUT2D eigenvalue weighted by molar-refractivity contribution is 6.06. The van der Waals surface area contributed by atoms with Gasteiger partial charge < -0.3 is 14.0 Å². The molecular formula is C24H26N6O2. The molecule has 1 aliphatic rings. The van der Waals surface area contributed by atoms with E-state index in [9.17, 15) is 4.79 Å². The third kappa shape index (κ3) is 4.18. The molecule has 1 aliphatic heterocycles. The van der Waals surface area contributed by atoms with Crippen LogP contribution in [0.25, 0.3) is 22.4 Å². The van der Waals surface area contributed by atoms with Crippen molar-refractivity contribution < 1.29 is 9.32 Å². The molecule has 1 saturated heterocycles. The molecule has 0 aromatic carbocycles. The summed E-state index contributed by atoms with van der Waals surface area (Å²) in [4.78, 5) is 27.6. The lowest BCUT2D eigenvalue weighted by molar-refractivity contribution is 0.101. The van der Waals surface area contributed by atoms with Gasteiger partial charge in [-0.25, -0.2) is 4.98 Å². The Kier molecular flexibility index (Phi) is 5.77. The fraction of sp³-hybridized carbons (Fsp3) is 0.375. The van der Waals surface area contributed by atoms with Crippen molar-refractivity contribution in [3.05, 3.63) is 60.5 Å². The predicted molar refractivity (Wildman–Crippen MR) is 120 cm³/mol. The van der Waals surface area contributed by atoms with Crippen LogP contribution in [-0.4, -0.2) is 55.0 Å². The lowest BCUT2D eigenvalue weighted by atomic mass is 9.96. The molecule has 4 aromatic rings. The summed E-state index contributed by atoms with van der Waals surface area (Å²) in [7, 11) is 0. The monoisotopic (exact) mass is 430 g/mol. The van der Waals surface area contributed by atoms with Crippen LogP contribution in [0.3, 0.4) is 0 Å². The van der Waals surface area contributed by atoms with Gasteiger partial charge in [-0.3, -0.25) is 9.78 Å². The zero-order valence-electron chi connectivity index (χ0n) is 18.1. The van der Waals surface area contributed by atoms with E-state index < -0.39 is 0 Å². The first-order valence-electron chi connectivity index (χ1n) is 11.1. The summed E-state index contributed by atoms with van der Waals surface area (Å²) in [6, 6.07) is 7.66. The van der Waals surface area contributed by atoms with E-state index in [1.165, 1.54) is 0 Å². The molecule has 0 aliphatic carbocycles. The number of piperidine rings is 1. The normalized spacial score (nSPS) is 15.4. The number of likely N-dealkylation sites (tertiary alicyclic amines) is 1. The zero-order valence-corrected chi connectivity index (χ0v) is 18.1. The van der Waals surface area contributed by atoms with Crippen molar-refractivity contribution in [2.24, 2.45) is 0 Å². The Morgan fingerprint density at radius 2 is 2.00 bits per heavy atom. The van der Waals surface area contributed by atoms with Gasteiger partial charge in [0.2, 0.25) is 11.7 Å². The quantitative estimate of drug-likeness (QED) is 0.410. The van der Waals surface area contributed by atoms with E-state index in [1.807, 2.05) is 30.5 Å². The minimum absolute atomic E-state index is 0.0801. The van der Waals surface area contributed by atoms with Crippen molar-refractivity contribution in [3.63, 3.8) is 0 Å². The Bertz CT molecular complexity index is 1210. The third-order valence-electron chi connectivity index (χ3n) is 6.18. The first-order chi connectivity index (χ1) is 15.7. The second kappa shape index (κ2) is 9.00. The number of fused-ring (bicyclic) bond motifs is 1. The number of nitrogens with zero attached hydrogens (tertiary/aromatic N) is 6. The number of hydrogen-bond acceptors (Lipinski definition) is 7. The van der Waals surface area contributed by atoms with Crippen molar-refractivity contribution >= 4 is 16.8 Å². The van der Waals surface area contributed by atoms with Gasteiger partial charge >= 0.3 is 0 Å². The summed E-state index contributed by atoms with van der Waals surface area (Å²) < 4.78 is 7.66. The SMILES string of the molecule is CC(=O)c1cn(CCCN2CCC(c3nc(-c4cccnc4)no3)CC2)c2ncccc12. The first kappa shape index (κ1) is 20.5. The Hall–Kier alpha value is -3.39. The number of Topliss-reactive ketones (excluding diaryl/α,β-unsaturated/α-hetero) is 1. The number of aryl methyl sites for hydroxylation is 1. The number of ketones is 1. The average molecular weight is 431 g/mol. The van der Waals surface area contributed by atoms with E-state index in [2.05, 4.69) is 29.6 Å². The van der Waals surface area contributed by atoms with E-state index in [0.29, 0.717) is 11.7 Å². The maximum Gasteiger partial charge on any atom is 0.230 e. The Balaban J connectivity index is 1.14. The van der Waals surface area contributed by atoms with Crippen LogP contribution in [0.2, 0.25) is 0 Å². The molecule has 4 aromatic heterocycles. The van der Waals surface area contributed by atoms with Gasteiger partial charge in [0, 0.05) is 53.8 Å². The predicted octanol–water partition coefficient (Wildman–Crippen LogP) is 3.95. The molecule has 0 atom stereocenters. The molecule has 0 bridgehead atoms. The van der Waals surface area contributed by atoms with Gasteiger partial charge in [0.15, 0.2) is 5.78 Å². The number of aromatic nitrogens is 5. The summed E-state index contributed by atoms with van der Waals surface area (Å²) in [6.07, 6.45) is 10.2. The second-order valence-electron chi connectivity index (χ2n) is 8.33. The summed E-state index contributed by atoms with van der Waals surface area (Å²) in [5.41, 5.74) is 2.51. The Labute approximate surface area is 186 Å². The molecule has 164 valence electrons. The molecule has 32 heavy (non-hydrogen) atoms. The molecular weight excluding hydrogens is 404 g/mol. The molecule has 0 radical (unpaired) electrons. The van der Waals surface area contributed by atoms with Crippen molar-refractivity contribution in [2.75, 3.05) is 19.6 Å². The largest absolute Gasteiger partial charge is 0.339 e. The summed E-state index contributed by atoms with van der Waals surface area (Å²) in [6.45, 7) is 5.49. The van der Waals surface area contributed by atoms with Gasteiger partial charge in [0.25, 0.3) is 0 Å². The topological polar surface area (TPSA) is 89.9 Å². The highest BCUT2D eigenvalue weighted by atomic mass is 16.5. The summed E-state index contributed by atoms with van der Waals surface area (Å²) in [5.74, 6) is 1.72. The van der Waals surface area contributed by atoms with Gasteiger partial charge in [-0.15, -0.1) is 0 Å². The van der Waals surface area contributed by atoms with Gasteiger partial charge in [-0.05, 0) is 70.1 Å². The molecule has 5 heterocycles. The van der Waals surface area contributed by atoms with Crippen LogP contribution in [0.15, 0.2) is 53.6 Å². The number of rotatable bonds is 7. The molecule has 1 fully saturated rings. The molecule has 5 rings (SSSR count). The average Bonchev–Trinajstić information content (AvgIpc) is 3.46. The molecule has 0 N–H and O–H groups in total. The van der Waals surface area contributed by atoms with E-state index in [-0.39, 0.29) is 5.78 Å². The highest BCUT2D eigenvalue weighted by Crippen LogP contribution is 2.28. The van der Waals surface area contributed by atoms with Crippen LogP contribution in [-0.2, 0) is 6.54 Å². The third-order valence-corrected chi connectivity index (χ3v) is 6.18. The number of carbonyl (C=O) groups excluding carboxylic acids is 1. The van der Waals surface area contributed by atoms with Crippen molar-refractivity contribution in [1.29, 1.82) is 0 Å². The Morgan fingerprint density at radius 3 is 2.78 bits per heavy atom. The van der Waals surface area contributed by atoms with Crippen molar-refractivity contribution in [2.45, 2.75) is 38.6 Å². The van der Waals surface area contributed by atoms with Crippen molar-refractivity contribution in [1.82, 2.24) is 29.6 Å². The molecule has 0 saturated carbocycles. The van der Waals surface area contributed by atoms with E-state index in [4.69, 9.17) is 4.52 Å². The van der Waals surface area contributed by atoms with Crippen LogP contribution in [0.1, 0.15) is 48.4 Å². The molecule has 0 unspecified atom stereocenters. The maximum absolute atomic E-state index is 12.0. The molecule has 8 nitrogen and oxygen atoms in total. The standard InChI is InChI=1S/C24H26N6O2/c1-17(31)21-16-30(23-20(21)6-3-10-26-23)12-4-11-29-13-7-18(8-14-29)24-27-22(28-32-24)19-5-2-9-25-15-19/h2-3,5-6,9-10,15-16,18H,4,7-8,11-14H2,1H3. The fourth-order valence-corrected chi connectivity index (χ4v) is 4.46. The fourth-order valence-electron chi connectivity index (χ4n) is 4.46. The van der Waals surface area contributed by atoms with Gasteiger partial charge in [-0.2, -0.15) is 4.98 Å².